The van der Waals surface area contributed by atoms with E-state index in [0.717, 1.165) is 16.7 Å². The van der Waals surface area contributed by atoms with Crippen molar-refractivity contribution in [2.75, 3.05) is 0 Å². The Hall–Kier alpha value is -1.58. The Morgan fingerprint density at radius 3 is 2.63 bits per heavy atom. The standard InChI is InChI=1S/C15H14ClNOS/c1-10-8-11(15(17)19)6-7-12(10)9-18-14-5-3-2-4-13(14)16/h2-8H,9H2,1H3,(H2,17,19). The minimum atomic E-state index is 0.404. The Morgan fingerprint density at radius 2 is 2.00 bits per heavy atom. The van der Waals surface area contributed by atoms with Gasteiger partial charge < -0.3 is 10.5 Å². The van der Waals surface area contributed by atoms with Crippen LogP contribution in [0.15, 0.2) is 42.5 Å². The van der Waals surface area contributed by atoms with Crippen molar-refractivity contribution in [3.05, 3.63) is 64.2 Å². The van der Waals surface area contributed by atoms with Crippen LogP contribution in [-0.2, 0) is 6.61 Å². The van der Waals surface area contributed by atoms with E-state index in [9.17, 15) is 0 Å². The maximum absolute atomic E-state index is 6.04. The van der Waals surface area contributed by atoms with Crippen molar-refractivity contribution < 1.29 is 4.74 Å². The maximum atomic E-state index is 6.04. The molecule has 0 spiro atoms. The van der Waals surface area contributed by atoms with E-state index in [2.05, 4.69) is 0 Å². The van der Waals surface area contributed by atoms with Crippen LogP contribution >= 0.6 is 23.8 Å². The van der Waals surface area contributed by atoms with E-state index < -0.39 is 0 Å². The van der Waals surface area contributed by atoms with Crippen molar-refractivity contribution in [3.8, 4) is 5.75 Å². The van der Waals surface area contributed by atoms with Gasteiger partial charge in [0.1, 0.15) is 17.3 Å². The fourth-order valence-electron chi connectivity index (χ4n) is 1.73. The zero-order valence-corrected chi connectivity index (χ0v) is 12.1. The first-order valence-corrected chi connectivity index (χ1v) is 6.63. The molecule has 0 aromatic heterocycles. The van der Waals surface area contributed by atoms with Crippen molar-refractivity contribution in [1.29, 1.82) is 0 Å². The van der Waals surface area contributed by atoms with E-state index in [4.69, 9.17) is 34.3 Å². The van der Waals surface area contributed by atoms with Gasteiger partial charge in [0.05, 0.1) is 5.02 Å². The largest absolute Gasteiger partial charge is 0.487 e. The van der Waals surface area contributed by atoms with Crippen LogP contribution < -0.4 is 10.5 Å². The summed E-state index contributed by atoms with van der Waals surface area (Å²) in [5.41, 5.74) is 8.65. The van der Waals surface area contributed by atoms with Crippen molar-refractivity contribution in [2.45, 2.75) is 13.5 Å². The monoisotopic (exact) mass is 291 g/mol. The first-order chi connectivity index (χ1) is 9.08. The van der Waals surface area contributed by atoms with Crippen molar-refractivity contribution in [2.24, 2.45) is 5.73 Å². The van der Waals surface area contributed by atoms with Crippen LogP contribution in [-0.4, -0.2) is 4.99 Å². The highest BCUT2D eigenvalue weighted by atomic mass is 35.5. The van der Waals surface area contributed by atoms with Crippen molar-refractivity contribution in [3.63, 3.8) is 0 Å². The van der Waals surface area contributed by atoms with Gasteiger partial charge in [0.2, 0.25) is 0 Å². The van der Waals surface area contributed by atoms with Gasteiger partial charge in [-0.05, 0) is 36.2 Å². The first kappa shape index (κ1) is 13.8. The Balaban J connectivity index is 2.12. The lowest BCUT2D eigenvalue weighted by molar-refractivity contribution is 0.305. The van der Waals surface area contributed by atoms with Gasteiger partial charge in [0.25, 0.3) is 0 Å². The fourth-order valence-corrected chi connectivity index (χ4v) is 2.05. The normalized spacial score (nSPS) is 10.2. The Bertz CT molecular complexity index is 613. The molecule has 2 rings (SSSR count). The van der Waals surface area contributed by atoms with E-state index in [-0.39, 0.29) is 0 Å². The van der Waals surface area contributed by atoms with Crippen LogP contribution in [0.1, 0.15) is 16.7 Å². The van der Waals surface area contributed by atoms with Crippen molar-refractivity contribution in [1.82, 2.24) is 0 Å². The summed E-state index contributed by atoms with van der Waals surface area (Å²) >= 11 is 11.0. The Labute approximate surface area is 123 Å². The summed E-state index contributed by atoms with van der Waals surface area (Å²) < 4.78 is 5.71. The molecule has 0 aliphatic rings. The van der Waals surface area contributed by atoms with Crippen LogP contribution in [0.5, 0.6) is 5.75 Å². The SMILES string of the molecule is Cc1cc(C(N)=S)ccc1COc1ccccc1Cl. The van der Waals surface area contributed by atoms with Gasteiger partial charge in [-0.15, -0.1) is 0 Å². The average Bonchev–Trinajstić information content (AvgIpc) is 2.39. The molecule has 0 aliphatic carbocycles. The summed E-state index contributed by atoms with van der Waals surface area (Å²) in [7, 11) is 0. The third kappa shape index (κ3) is 3.46. The molecule has 0 fully saturated rings. The predicted molar refractivity (Wildman–Crippen MR) is 82.9 cm³/mol. The lowest BCUT2D eigenvalue weighted by atomic mass is 10.1. The molecule has 2 nitrogen and oxygen atoms in total. The third-order valence-corrected chi connectivity index (χ3v) is 3.39. The predicted octanol–water partition coefficient (Wildman–Crippen LogP) is 3.86. The minimum Gasteiger partial charge on any atom is -0.487 e. The van der Waals surface area contributed by atoms with Gasteiger partial charge in [-0.2, -0.15) is 0 Å². The van der Waals surface area contributed by atoms with Gasteiger partial charge in [-0.25, -0.2) is 0 Å². The van der Waals surface area contributed by atoms with Crippen LogP contribution in [0.3, 0.4) is 0 Å². The molecule has 0 saturated heterocycles. The molecule has 2 N–H and O–H groups in total. The highest BCUT2D eigenvalue weighted by Crippen LogP contribution is 2.24. The number of halogens is 1. The summed E-state index contributed by atoms with van der Waals surface area (Å²) in [6.45, 7) is 2.47. The topological polar surface area (TPSA) is 35.2 Å². The summed E-state index contributed by atoms with van der Waals surface area (Å²) in [4.78, 5) is 0.404. The van der Waals surface area contributed by atoms with Crippen LogP contribution in [0, 0.1) is 6.92 Å². The molecule has 2 aromatic carbocycles. The van der Waals surface area contributed by atoms with Gasteiger partial charge in [-0.3, -0.25) is 0 Å². The number of para-hydroxylation sites is 1. The van der Waals surface area contributed by atoms with Crippen molar-refractivity contribution >= 4 is 28.8 Å². The second kappa shape index (κ2) is 6.04. The quantitative estimate of drug-likeness (QED) is 0.869. The molecule has 0 saturated carbocycles. The summed E-state index contributed by atoms with van der Waals surface area (Å²) in [5.74, 6) is 0.682. The van der Waals surface area contributed by atoms with Gasteiger partial charge in [-0.1, -0.05) is 48.1 Å². The molecule has 4 heteroatoms. The lowest BCUT2D eigenvalue weighted by Gasteiger charge is -2.11. The Kier molecular flexibility index (Phi) is 4.40. The van der Waals surface area contributed by atoms with Crippen LogP contribution in [0.25, 0.3) is 0 Å². The van der Waals surface area contributed by atoms with E-state index in [1.807, 2.05) is 43.3 Å². The fraction of sp³-hybridized carbons (Fsp3) is 0.133. The number of benzene rings is 2. The van der Waals surface area contributed by atoms with Gasteiger partial charge >= 0.3 is 0 Å². The third-order valence-electron chi connectivity index (χ3n) is 2.85. The molecule has 0 atom stereocenters. The number of rotatable bonds is 4. The number of thiocarbonyl (C=S) groups is 1. The summed E-state index contributed by atoms with van der Waals surface area (Å²) in [6, 6.07) is 13.3. The van der Waals surface area contributed by atoms with E-state index in [1.54, 1.807) is 6.07 Å². The van der Waals surface area contributed by atoms with Crippen LogP contribution in [0.4, 0.5) is 0 Å². The minimum absolute atomic E-state index is 0.404. The van der Waals surface area contributed by atoms with Gasteiger partial charge in [0.15, 0.2) is 0 Å². The molecule has 0 unspecified atom stereocenters. The Morgan fingerprint density at radius 1 is 1.26 bits per heavy atom. The summed E-state index contributed by atoms with van der Waals surface area (Å²) in [6.07, 6.45) is 0. The highest BCUT2D eigenvalue weighted by Gasteiger charge is 2.04. The molecular weight excluding hydrogens is 278 g/mol. The highest BCUT2D eigenvalue weighted by molar-refractivity contribution is 7.80. The average molecular weight is 292 g/mol. The zero-order chi connectivity index (χ0) is 13.8. The van der Waals surface area contributed by atoms with E-state index in [0.29, 0.717) is 22.4 Å². The number of hydrogen-bond acceptors (Lipinski definition) is 2. The second-order valence-corrected chi connectivity index (χ2v) is 5.07. The van der Waals surface area contributed by atoms with E-state index >= 15 is 0 Å². The molecule has 0 heterocycles. The number of ether oxygens (including phenoxy) is 1. The molecule has 0 aliphatic heterocycles. The maximum Gasteiger partial charge on any atom is 0.138 e. The van der Waals surface area contributed by atoms with E-state index in [1.165, 1.54) is 0 Å². The molecule has 0 radical (unpaired) electrons. The summed E-state index contributed by atoms with van der Waals surface area (Å²) in [5, 5.41) is 0.611. The lowest BCUT2D eigenvalue weighted by Crippen LogP contribution is -2.10. The smallest absolute Gasteiger partial charge is 0.138 e. The molecule has 19 heavy (non-hydrogen) atoms. The molecule has 2 aromatic rings. The zero-order valence-electron chi connectivity index (χ0n) is 10.5. The number of aryl methyl sites for hydroxylation is 1. The van der Waals surface area contributed by atoms with Gasteiger partial charge in [0, 0.05) is 5.56 Å². The first-order valence-electron chi connectivity index (χ1n) is 5.84. The van der Waals surface area contributed by atoms with Crippen LogP contribution in [0.2, 0.25) is 5.02 Å². The number of hydrogen-bond donors (Lipinski definition) is 1. The second-order valence-electron chi connectivity index (χ2n) is 4.22. The molecular formula is C15H14ClNOS. The number of nitrogens with two attached hydrogens (primary N) is 1. The molecule has 0 bridgehead atoms. The molecule has 0 amide bonds. The molecule has 98 valence electrons.